The van der Waals surface area contributed by atoms with Crippen molar-refractivity contribution in [2.24, 2.45) is 0 Å². The fourth-order valence-electron chi connectivity index (χ4n) is 4.80. The molecular weight excluding hydrogens is 550 g/mol. The fraction of sp³-hybridized carbons (Fsp3) is 0.176. The lowest BCUT2D eigenvalue weighted by molar-refractivity contribution is 0.0491. The van der Waals surface area contributed by atoms with Gasteiger partial charge in [-0.2, -0.15) is 4.31 Å². The second kappa shape index (κ2) is 12.5. The normalized spacial score (nSPS) is 11.6. The van der Waals surface area contributed by atoms with E-state index in [1.54, 1.807) is 62.4 Å². The van der Waals surface area contributed by atoms with Gasteiger partial charge in [0.2, 0.25) is 15.8 Å². The Labute approximate surface area is 245 Å². The van der Waals surface area contributed by atoms with E-state index in [4.69, 9.17) is 9.15 Å². The van der Waals surface area contributed by atoms with Gasteiger partial charge < -0.3 is 9.15 Å². The predicted octanol–water partition coefficient (Wildman–Crippen LogP) is 6.58. The highest BCUT2D eigenvalue weighted by molar-refractivity contribution is 7.89. The van der Waals surface area contributed by atoms with E-state index in [1.807, 2.05) is 48.5 Å². The molecule has 8 heteroatoms. The molecule has 0 spiro atoms. The minimum Gasteiger partial charge on any atom is -0.460 e. The Morgan fingerprint density at radius 2 is 1.45 bits per heavy atom. The van der Waals surface area contributed by atoms with Crippen LogP contribution in [-0.4, -0.2) is 37.6 Å². The second-order valence-electron chi connectivity index (χ2n) is 9.90. The van der Waals surface area contributed by atoms with Crippen LogP contribution in [0.2, 0.25) is 0 Å². The minimum absolute atomic E-state index is 0.0625. The quantitative estimate of drug-likeness (QED) is 0.129. The van der Waals surface area contributed by atoms with Crippen LogP contribution in [-0.2, 0) is 27.7 Å². The van der Waals surface area contributed by atoms with Gasteiger partial charge in [0.1, 0.15) is 5.58 Å². The Kier molecular flexibility index (Phi) is 8.66. The average Bonchev–Trinajstić information content (AvgIpc) is 3.36. The summed E-state index contributed by atoms with van der Waals surface area (Å²) in [4.78, 5) is 25.3. The lowest BCUT2D eigenvalue weighted by Crippen LogP contribution is -2.32. The number of carbonyl (C=O) groups excluding carboxylic acids is 2. The van der Waals surface area contributed by atoms with Crippen molar-refractivity contribution < 1.29 is 27.2 Å². The number of hydrogen-bond donors (Lipinski definition) is 0. The van der Waals surface area contributed by atoms with Crippen LogP contribution in [0.15, 0.2) is 112 Å². The first-order valence-electron chi connectivity index (χ1n) is 13.7. The number of aryl methyl sites for hydroxylation is 1. The summed E-state index contributed by atoms with van der Waals surface area (Å²) in [5, 5.41) is 0.533. The van der Waals surface area contributed by atoms with Crippen molar-refractivity contribution in [3.05, 3.63) is 137 Å². The maximum atomic E-state index is 14.1. The molecule has 1 aromatic heterocycles. The third kappa shape index (κ3) is 6.20. The van der Waals surface area contributed by atoms with Crippen molar-refractivity contribution in [1.82, 2.24) is 4.31 Å². The number of benzene rings is 4. The van der Waals surface area contributed by atoms with Gasteiger partial charge in [-0.1, -0.05) is 84.9 Å². The Balaban J connectivity index is 1.45. The van der Waals surface area contributed by atoms with E-state index in [9.17, 15) is 18.0 Å². The third-order valence-electron chi connectivity index (χ3n) is 7.11. The molecule has 0 unspecified atom stereocenters. The molecule has 0 saturated carbocycles. The van der Waals surface area contributed by atoms with Crippen LogP contribution < -0.4 is 0 Å². The highest BCUT2D eigenvalue weighted by Crippen LogP contribution is 2.30. The van der Waals surface area contributed by atoms with Gasteiger partial charge in [-0.25, -0.2) is 13.2 Å². The van der Waals surface area contributed by atoms with Crippen LogP contribution in [0.5, 0.6) is 0 Å². The van der Waals surface area contributed by atoms with Crippen LogP contribution in [0, 0.1) is 6.92 Å². The summed E-state index contributed by atoms with van der Waals surface area (Å²) in [6.45, 7) is 3.98. The number of nitrogens with zero attached hydrogens (tertiary/aromatic N) is 1. The van der Waals surface area contributed by atoms with E-state index in [1.165, 1.54) is 10.4 Å². The van der Waals surface area contributed by atoms with Crippen LogP contribution in [0.4, 0.5) is 0 Å². The Morgan fingerprint density at radius 1 is 0.810 bits per heavy atom. The topological polar surface area (TPSA) is 93.9 Å². The van der Waals surface area contributed by atoms with Crippen molar-refractivity contribution in [2.75, 3.05) is 13.2 Å². The van der Waals surface area contributed by atoms with Gasteiger partial charge >= 0.3 is 5.97 Å². The van der Waals surface area contributed by atoms with Gasteiger partial charge in [-0.15, -0.1) is 0 Å². The molecule has 4 aromatic carbocycles. The summed E-state index contributed by atoms with van der Waals surface area (Å²) in [5.74, 6) is -0.622. The molecule has 0 fully saturated rings. The van der Waals surface area contributed by atoms with Crippen molar-refractivity contribution in [2.45, 2.75) is 31.7 Å². The first-order valence-corrected chi connectivity index (χ1v) is 15.1. The minimum atomic E-state index is -3.96. The number of fused-ring (bicyclic) bond motifs is 1. The second-order valence-corrected chi connectivity index (χ2v) is 11.8. The van der Waals surface area contributed by atoms with Crippen molar-refractivity contribution in [3.63, 3.8) is 0 Å². The average molecular weight is 582 g/mol. The van der Waals surface area contributed by atoms with Gasteiger partial charge in [0.25, 0.3) is 0 Å². The molecule has 0 atom stereocenters. The molecule has 5 rings (SSSR count). The number of ketones is 1. The summed E-state index contributed by atoms with van der Waals surface area (Å²) in [7, 11) is -3.96. The van der Waals surface area contributed by atoms with E-state index < -0.39 is 16.0 Å². The molecule has 0 bridgehead atoms. The largest absolute Gasteiger partial charge is 0.460 e. The monoisotopic (exact) mass is 581 g/mol. The molecular formula is C34H31NO6S. The van der Waals surface area contributed by atoms with E-state index in [0.717, 1.165) is 11.1 Å². The predicted molar refractivity (Wildman–Crippen MR) is 161 cm³/mol. The molecule has 7 nitrogen and oxygen atoms in total. The molecule has 0 amide bonds. The van der Waals surface area contributed by atoms with Crippen LogP contribution in [0.1, 0.15) is 50.1 Å². The highest BCUT2D eigenvalue weighted by Gasteiger charge is 2.27. The van der Waals surface area contributed by atoms with Gasteiger partial charge in [0.05, 0.1) is 11.5 Å². The van der Waals surface area contributed by atoms with Crippen LogP contribution >= 0.6 is 0 Å². The number of furan rings is 1. The van der Waals surface area contributed by atoms with Crippen molar-refractivity contribution in [1.29, 1.82) is 0 Å². The van der Waals surface area contributed by atoms with Crippen LogP contribution in [0.25, 0.3) is 11.0 Å². The van der Waals surface area contributed by atoms with E-state index >= 15 is 0 Å². The van der Waals surface area contributed by atoms with Gasteiger partial charge in [0.15, 0.2) is 5.78 Å². The Hall–Kier alpha value is -4.53. The van der Waals surface area contributed by atoms with E-state index in [2.05, 4.69) is 0 Å². The third-order valence-corrected chi connectivity index (χ3v) is 8.95. The summed E-state index contributed by atoms with van der Waals surface area (Å²) in [6.07, 6.45) is 0.518. The van der Waals surface area contributed by atoms with Crippen LogP contribution in [0.3, 0.4) is 0 Å². The van der Waals surface area contributed by atoms with Crippen molar-refractivity contribution in [3.8, 4) is 0 Å². The number of carbonyl (C=O) groups is 2. The summed E-state index contributed by atoms with van der Waals surface area (Å²) < 4.78 is 40.3. The van der Waals surface area contributed by atoms with Gasteiger partial charge in [-0.3, -0.25) is 4.79 Å². The van der Waals surface area contributed by atoms with E-state index in [-0.39, 0.29) is 36.1 Å². The molecule has 0 aliphatic carbocycles. The lowest BCUT2D eigenvalue weighted by Gasteiger charge is -2.23. The summed E-state index contributed by atoms with van der Waals surface area (Å²) >= 11 is 0. The first kappa shape index (κ1) is 29.0. The molecule has 1 heterocycles. The smallest absolute Gasteiger partial charge is 0.374 e. The van der Waals surface area contributed by atoms with Crippen molar-refractivity contribution >= 4 is 32.7 Å². The number of esters is 1. The molecule has 0 aliphatic rings. The standard InChI is InChI=1S/C34H31NO6S/c1-3-40-34(37)33-24(2)30-22-29(18-19-31(30)41-33)42(38,39)35(21-20-25-10-6-4-7-11-25)23-26-14-16-28(17-15-26)32(36)27-12-8-5-9-13-27/h4-19,22H,3,20-21,23H2,1-2H3. The molecule has 0 saturated heterocycles. The summed E-state index contributed by atoms with van der Waals surface area (Å²) in [6, 6.07) is 30.4. The molecule has 0 aliphatic heterocycles. The number of ether oxygens (including phenoxy) is 1. The zero-order valence-corrected chi connectivity index (χ0v) is 24.3. The van der Waals surface area contributed by atoms with Gasteiger partial charge in [0, 0.05) is 35.2 Å². The lowest BCUT2D eigenvalue weighted by atomic mass is 10.0. The Bertz CT molecular complexity index is 1810. The Morgan fingerprint density at radius 3 is 2.12 bits per heavy atom. The molecule has 42 heavy (non-hydrogen) atoms. The zero-order valence-electron chi connectivity index (χ0n) is 23.4. The SMILES string of the molecule is CCOC(=O)c1oc2ccc(S(=O)(=O)N(CCc3ccccc3)Cc3ccc(C(=O)c4ccccc4)cc3)cc2c1C. The maximum absolute atomic E-state index is 14.1. The highest BCUT2D eigenvalue weighted by atomic mass is 32.2. The number of sulfonamides is 1. The summed E-state index contributed by atoms with van der Waals surface area (Å²) in [5.41, 5.74) is 3.82. The molecule has 0 radical (unpaired) electrons. The maximum Gasteiger partial charge on any atom is 0.374 e. The number of rotatable bonds is 11. The molecule has 0 N–H and O–H groups in total. The molecule has 5 aromatic rings. The fourth-order valence-corrected chi connectivity index (χ4v) is 6.26. The van der Waals surface area contributed by atoms with Gasteiger partial charge in [-0.05, 0) is 49.6 Å². The zero-order chi connectivity index (χ0) is 29.7. The van der Waals surface area contributed by atoms with E-state index in [0.29, 0.717) is 34.1 Å². The first-order chi connectivity index (χ1) is 20.3. The molecule has 214 valence electrons. The number of hydrogen-bond acceptors (Lipinski definition) is 6.